The molecule has 2 aromatic rings. The third-order valence-corrected chi connectivity index (χ3v) is 3.13. The van der Waals surface area contributed by atoms with Gasteiger partial charge in [-0.2, -0.15) is 0 Å². The van der Waals surface area contributed by atoms with Crippen molar-refractivity contribution in [2.75, 3.05) is 0 Å². The fourth-order valence-corrected chi connectivity index (χ4v) is 2.06. The summed E-state index contributed by atoms with van der Waals surface area (Å²) in [5.41, 5.74) is 1.03. The standard InChI is InChI=1S/C12H12BrFN2O/c1-6(2)15-12(17)9-5-7-3-4-8(14)10(13)11(7)16-9/h3-6,16H,1-2H3,(H,15,17). The van der Waals surface area contributed by atoms with Crippen LogP contribution >= 0.6 is 15.9 Å². The second kappa shape index (κ2) is 4.49. The zero-order chi connectivity index (χ0) is 12.6. The van der Waals surface area contributed by atoms with Crippen LogP contribution in [0.5, 0.6) is 0 Å². The smallest absolute Gasteiger partial charge is 0.267 e. The number of benzene rings is 1. The van der Waals surface area contributed by atoms with E-state index < -0.39 is 0 Å². The monoisotopic (exact) mass is 298 g/mol. The van der Waals surface area contributed by atoms with Gasteiger partial charge in [0.25, 0.3) is 5.91 Å². The minimum atomic E-state index is -0.352. The van der Waals surface area contributed by atoms with E-state index in [0.717, 1.165) is 5.39 Å². The Hall–Kier alpha value is -1.36. The van der Waals surface area contributed by atoms with E-state index in [1.807, 2.05) is 13.8 Å². The Balaban J connectivity index is 2.45. The molecule has 2 N–H and O–H groups in total. The minimum absolute atomic E-state index is 0.0640. The maximum atomic E-state index is 13.3. The number of hydrogen-bond donors (Lipinski definition) is 2. The third-order valence-electron chi connectivity index (χ3n) is 2.35. The van der Waals surface area contributed by atoms with Gasteiger partial charge in [0.2, 0.25) is 0 Å². The van der Waals surface area contributed by atoms with Gasteiger partial charge < -0.3 is 10.3 Å². The number of carbonyl (C=O) groups is 1. The largest absolute Gasteiger partial charge is 0.350 e. The quantitative estimate of drug-likeness (QED) is 0.878. The van der Waals surface area contributed by atoms with Crippen LogP contribution in [0, 0.1) is 5.82 Å². The van der Waals surface area contributed by atoms with Crippen LogP contribution in [0.25, 0.3) is 10.9 Å². The molecule has 1 heterocycles. The van der Waals surface area contributed by atoms with E-state index >= 15 is 0 Å². The van der Waals surface area contributed by atoms with Gasteiger partial charge in [0.15, 0.2) is 0 Å². The average Bonchev–Trinajstić information content (AvgIpc) is 2.67. The summed E-state index contributed by atoms with van der Waals surface area (Å²) in [4.78, 5) is 14.7. The van der Waals surface area contributed by atoms with E-state index in [0.29, 0.717) is 15.7 Å². The lowest BCUT2D eigenvalue weighted by Crippen LogP contribution is -2.30. The lowest BCUT2D eigenvalue weighted by Gasteiger charge is -2.05. The number of hydrogen-bond acceptors (Lipinski definition) is 1. The molecular formula is C12H12BrFN2O. The second-order valence-corrected chi connectivity index (χ2v) is 4.93. The number of aromatic nitrogens is 1. The number of nitrogens with one attached hydrogen (secondary N) is 2. The molecule has 0 atom stereocenters. The number of rotatable bonds is 2. The summed E-state index contributed by atoms with van der Waals surface area (Å²) in [5.74, 6) is -0.543. The SMILES string of the molecule is CC(C)NC(=O)c1cc2ccc(F)c(Br)c2[nH]1. The highest BCUT2D eigenvalue weighted by Crippen LogP contribution is 2.26. The normalized spacial score (nSPS) is 11.1. The minimum Gasteiger partial charge on any atom is -0.350 e. The maximum Gasteiger partial charge on any atom is 0.267 e. The third kappa shape index (κ3) is 2.34. The van der Waals surface area contributed by atoms with Crippen LogP contribution in [-0.2, 0) is 0 Å². The molecule has 1 aromatic heterocycles. The summed E-state index contributed by atoms with van der Waals surface area (Å²) < 4.78 is 13.6. The Morgan fingerprint density at radius 2 is 2.18 bits per heavy atom. The lowest BCUT2D eigenvalue weighted by atomic mass is 10.2. The first-order chi connectivity index (χ1) is 7.99. The van der Waals surface area contributed by atoms with Crippen molar-refractivity contribution in [3.63, 3.8) is 0 Å². The molecule has 0 saturated carbocycles. The molecule has 5 heteroatoms. The molecule has 0 aliphatic rings. The van der Waals surface area contributed by atoms with Crippen LogP contribution in [0.4, 0.5) is 4.39 Å². The first kappa shape index (κ1) is 12.1. The predicted molar refractivity (Wildman–Crippen MR) is 68.6 cm³/mol. The number of halogens is 2. The predicted octanol–water partition coefficient (Wildman–Crippen LogP) is 3.21. The molecular weight excluding hydrogens is 287 g/mol. The summed E-state index contributed by atoms with van der Waals surface area (Å²) in [5, 5.41) is 3.57. The van der Waals surface area contributed by atoms with E-state index in [1.165, 1.54) is 6.07 Å². The Bertz CT molecular complexity index is 577. The summed E-state index contributed by atoms with van der Waals surface area (Å²) in [7, 11) is 0. The highest BCUT2D eigenvalue weighted by Gasteiger charge is 2.13. The van der Waals surface area contributed by atoms with Crippen molar-refractivity contribution in [3.05, 3.63) is 34.2 Å². The highest BCUT2D eigenvalue weighted by atomic mass is 79.9. The fourth-order valence-electron chi connectivity index (χ4n) is 1.60. The Labute approximate surface area is 107 Å². The van der Waals surface area contributed by atoms with Crippen molar-refractivity contribution >= 4 is 32.7 Å². The zero-order valence-corrected chi connectivity index (χ0v) is 11.1. The molecule has 0 spiro atoms. The van der Waals surface area contributed by atoms with Crippen molar-refractivity contribution in [2.24, 2.45) is 0 Å². The van der Waals surface area contributed by atoms with E-state index in [1.54, 1.807) is 12.1 Å². The zero-order valence-electron chi connectivity index (χ0n) is 9.47. The van der Waals surface area contributed by atoms with E-state index in [2.05, 4.69) is 26.2 Å². The van der Waals surface area contributed by atoms with Gasteiger partial charge in [0, 0.05) is 11.4 Å². The number of carbonyl (C=O) groups excluding carboxylic acids is 1. The molecule has 0 radical (unpaired) electrons. The van der Waals surface area contributed by atoms with E-state index in [-0.39, 0.29) is 17.8 Å². The first-order valence-corrected chi connectivity index (χ1v) is 6.06. The number of aromatic amines is 1. The molecule has 0 fully saturated rings. The highest BCUT2D eigenvalue weighted by molar-refractivity contribution is 9.10. The summed E-state index contributed by atoms with van der Waals surface area (Å²) >= 11 is 3.16. The van der Waals surface area contributed by atoms with Gasteiger partial charge in [-0.3, -0.25) is 4.79 Å². The molecule has 0 bridgehead atoms. The van der Waals surface area contributed by atoms with Gasteiger partial charge in [0.05, 0.1) is 9.99 Å². The molecule has 0 aliphatic heterocycles. The Morgan fingerprint density at radius 1 is 1.47 bits per heavy atom. The number of amides is 1. The van der Waals surface area contributed by atoms with Gasteiger partial charge in [-0.25, -0.2) is 4.39 Å². The second-order valence-electron chi connectivity index (χ2n) is 4.14. The van der Waals surface area contributed by atoms with Crippen LogP contribution in [0.2, 0.25) is 0 Å². The van der Waals surface area contributed by atoms with Crippen LogP contribution in [0.15, 0.2) is 22.7 Å². The van der Waals surface area contributed by atoms with Crippen LogP contribution in [0.1, 0.15) is 24.3 Å². The maximum absolute atomic E-state index is 13.3. The Kier molecular flexibility index (Phi) is 3.19. The molecule has 1 amide bonds. The molecule has 1 aromatic carbocycles. The van der Waals surface area contributed by atoms with Gasteiger partial charge in [-0.15, -0.1) is 0 Å². The first-order valence-electron chi connectivity index (χ1n) is 5.26. The fraction of sp³-hybridized carbons (Fsp3) is 0.250. The molecule has 90 valence electrons. The Morgan fingerprint density at radius 3 is 2.82 bits per heavy atom. The van der Waals surface area contributed by atoms with Crippen LogP contribution in [-0.4, -0.2) is 16.9 Å². The van der Waals surface area contributed by atoms with Crippen molar-refractivity contribution in [2.45, 2.75) is 19.9 Å². The molecule has 3 nitrogen and oxygen atoms in total. The molecule has 0 aliphatic carbocycles. The van der Waals surface area contributed by atoms with Crippen molar-refractivity contribution in [1.82, 2.24) is 10.3 Å². The van der Waals surface area contributed by atoms with Gasteiger partial charge >= 0.3 is 0 Å². The molecule has 2 rings (SSSR count). The molecule has 17 heavy (non-hydrogen) atoms. The van der Waals surface area contributed by atoms with Gasteiger partial charge in [-0.05, 0) is 48.0 Å². The lowest BCUT2D eigenvalue weighted by molar-refractivity contribution is 0.0939. The number of fused-ring (bicyclic) bond motifs is 1. The number of H-pyrrole nitrogens is 1. The van der Waals surface area contributed by atoms with Crippen molar-refractivity contribution in [1.29, 1.82) is 0 Å². The average molecular weight is 299 g/mol. The van der Waals surface area contributed by atoms with Crippen LogP contribution < -0.4 is 5.32 Å². The van der Waals surface area contributed by atoms with Gasteiger partial charge in [0.1, 0.15) is 11.5 Å². The van der Waals surface area contributed by atoms with Crippen molar-refractivity contribution < 1.29 is 9.18 Å². The summed E-state index contributed by atoms with van der Waals surface area (Å²) in [6, 6.07) is 4.77. The van der Waals surface area contributed by atoms with Gasteiger partial charge in [-0.1, -0.05) is 0 Å². The summed E-state index contributed by atoms with van der Waals surface area (Å²) in [6.45, 7) is 3.77. The topological polar surface area (TPSA) is 44.9 Å². The molecule has 0 unspecified atom stereocenters. The van der Waals surface area contributed by atoms with E-state index in [4.69, 9.17) is 0 Å². The molecule has 0 saturated heterocycles. The van der Waals surface area contributed by atoms with Crippen LogP contribution in [0.3, 0.4) is 0 Å². The van der Waals surface area contributed by atoms with Crippen molar-refractivity contribution in [3.8, 4) is 0 Å². The van der Waals surface area contributed by atoms with E-state index in [9.17, 15) is 9.18 Å². The summed E-state index contributed by atoms with van der Waals surface area (Å²) in [6.07, 6.45) is 0.